The molecule has 0 aromatic heterocycles. The zero-order valence-corrected chi connectivity index (χ0v) is 17.7. The van der Waals surface area contributed by atoms with Crippen molar-refractivity contribution >= 4 is 5.91 Å². The Morgan fingerprint density at radius 1 is 0.385 bits per heavy atom. The number of rotatable bonds is 0. The molecule has 1 aliphatic heterocycles. The molecule has 1 heterocycles. The van der Waals surface area contributed by atoms with Gasteiger partial charge in [-0.2, -0.15) is 0 Å². The Kier molecular flexibility index (Phi) is 17.4. The SMILES string of the molecule is O=C1CCCCCCCCCCCCCCCCCCCCCCCN1. The van der Waals surface area contributed by atoms with E-state index >= 15 is 0 Å². The Balaban J connectivity index is 2.08. The number of amides is 1. The Hall–Kier alpha value is -0.530. The Labute approximate surface area is 164 Å². The van der Waals surface area contributed by atoms with Crippen LogP contribution < -0.4 is 5.32 Å². The van der Waals surface area contributed by atoms with Gasteiger partial charge in [0, 0.05) is 13.0 Å². The summed E-state index contributed by atoms with van der Waals surface area (Å²) in [6, 6.07) is 0. The molecule has 2 heteroatoms. The van der Waals surface area contributed by atoms with E-state index in [1.807, 2.05) is 0 Å². The molecule has 26 heavy (non-hydrogen) atoms. The van der Waals surface area contributed by atoms with Crippen LogP contribution in [0.25, 0.3) is 0 Å². The van der Waals surface area contributed by atoms with Gasteiger partial charge in [-0.1, -0.05) is 122 Å². The van der Waals surface area contributed by atoms with Crippen LogP contribution in [0.2, 0.25) is 0 Å². The lowest BCUT2D eigenvalue weighted by Crippen LogP contribution is -2.23. The summed E-state index contributed by atoms with van der Waals surface area (Å²) in [7, 11) is 0. The van der Waals surface area contributed by atoms with Crippen molar-refractivity contribution in [3.63, 3.8) is 0 Å². The van der Waals surface area contributed by atoms with Crippen LogP contribution in [0.1, 0.15) is 141 Å². The summed E-state index contributed by atoms with van der Waals surface area (Å²) in [6.45, 7) is 0.888. The molecular weight excluding hydrogens is 318 g/mol. The van der Waals surface area contributed by atoms with E-state index in [1.165, 1.54) is 122 Å². The summed E-state index contributed by atoms with van der Waals surface area (Å²) in [6.07, 6.45) is 29.6. The maximum absolute atomic E-state index is 11.8. The molecule has 0 unspecified atom stereocenters. The zero-order valence-electron chi connectivity index (χ0n) is 17.7. The molecule has 1 fully saturated rings. The normalized spacial score (nSPS) is 23.3. The van der Waals surface area contributed by atoms with Crippen molar-refractivity contribution in [2.75, 3.05) is 6.54 Å². The van der Waals surface area contributed by atoms with Crippen LogP contribution in [0, 0.1) is 0 Å². The minimum atomic E-state index is 0.274. The van der Waals surface area contributed by atoms with Gasteiger partial charge in [0.05, 0.1) is 0 Å². The van der Waals surface area contributed by atoms with E-state index in [4.69, 9.17) is 0 Å². The van der Waals surface area contributed by atoms with Gasteiger partial charge in [0.2, 0.25) is 5.91 Å². The molecule has 1 saturated heterocycles. The van der Waals surface area contributed by atoms with Crippen molar-refractivity contribution in [3.05, 3.63) is 0 Å². The lowest BCUT2D eigenvalue weighted by atomic mass is 10.0. The smallest absolute Gasteiger partial charge is 0.219 e. The molecule has 0 aromatic carbocycles. The molecule has 0 saturated carbocycles. The minimum absolute atomic E-state index is 0.274. The first-order chi connectivity index (χ1) is 12.9. The van der Waals surface area contributed by atoms with Crippen LogP contribution in [0.5, 0.6) is 0 Å². The highest BCUT2D eigenvalue weighted by atomic mass is 16.1. The van der Waals surface area contributed by atoms with Crippen LogP contribution in [-0.2, 0) is 4.79 Å². The summed E-state index contributed by atoms with van der Waals surface area (Å²) in [5.74, 6) is 0.274. The van der Waals surface area contributed by atoms with Crippen LogP contribution in [0.3, 0.4) is 0 Å². The predicted molar refractivity (Wildman–Crippen MR) is 115 cm³/mol. The Morgan fingerprint density at radius 3 is 1.00 bits per heavy atom. The van der Waals surface area contributed by atoms with Crippen LogP contribution in [0.4, 0.5) is 0 Å². The molecule has 1 N–H and O–H groups in total. The van der Waals surface area contributed by atoms with Crippen molar-refractivity contribution in [2.24, 2.45) is 0 Å². The standard InChI is InChI=1S/C24H47NO/c26-24-22-20-18-16-14-12-10-8-6-4-2-1-3-5-7-9-11-13-15-17-19-21-23-25-24/h1-23H2,(H,25,26). The molecule has 0 aromatic rings. The van der Waals surface area contributed by atoms with Crippen LogP contribution >= 0.6 is 0 Å². The second kappa shape index (κ2) is 19.2. The third-order valence-corrected chi connectivity index (χ3v) is 5.90. The fraction of sp³-hybridized carbons (Fsp3) is 0.958. The van der Waals surface area contributed by atoms with Gasteiger partial charge in [0.1, 0.15) is 0 Å². The van der Waals surface area contributed by atoms with Crippen LogP contribution in [0.15, 0.2) is 0 Å². The van der Waals surface area contributed by atoms with Crippen molar-refractivity contribution in [2.45, 2.75) is 141 Å². The molecule has 0 atom stereocenters. The van der Waals surface area contributed by atoms with E-state index in [9.17, 15) is 4.79 Å². The lowest BCUT2D eigenvalue weighted by molar-refractivity contribution is -0.121. The summed E-state index contributed by atoms with van der Waals surface area (Å²) >= 11 is 0. The number of nitrogens with one attached hydrogen (secondary N) is 1. The molecule has 0 aliphatic carbocycles. The molecular formula is C24H47NO. The number of carbonyl (C=O) groups excluding carboxylic acids is 1. The summed E-state index contributed by atoms with van der Waals surface area (Å²) in [5.41, 5.74) is 0. The van der Waals surface area contributed by atoms with E-state index in [2.05, 4.69) is 5.32 Å². The first-order valence-corrected chi connectivity index (χ1v) is 12.2. The third-order valence-electron chi connectivity index (χ3n) is 5.90. The molecule has 1 rings (SSSR count). The van der Waals surface area contributed by atoms with E-state index in [0.29, 0.717) is 0 Å². The predicted octanol–water partition coefficient (Wildman–Crippen LogP) is 7.70. The second-order valence-corrected chi connectivity index (χ2v) is 8.52. The van der Waals surface area contributed by atoms with E-state index in [-0.39, 0.29) is 5.91 Å². The molecule has 0 bridgehead atoms. The van der Waals surface area contributed by atoms with E-state index in [0.717, 1.165) is 25.8 Å². The van der Waals surface area contributed by atoms with Gasteiger partial charge in [0.25, 0.3) is 0 Å². The summed E-state index contributed by atoms with van der Waals surface area (Å²) < 4.78 is 0. The Morgan fingerprint density at radius 2 is 0.654 bits per heavy atom. The zero-order chi connectivity index (χ0) is 18.5. The van der Waals surface area contributed by atoms with E-state index in [1.54, 1.807) is 0 Å². The first kappa shape index (κ1) is 23.5. The van der Waals surface area contributed by atoms with Gasteiger partial charge in [-0.15, -0.1) is 0 Å². The fourth-order valence-corrected chi connectivity index (χ4v) is 4.09. The lowest BCUT2D eigenvalue weighted by Gasteiger charge is -2.06. The molecule has 154 valence electrons. The quantitative estimate of drug-likeness (QED) is 0.468. The van der Waals surface area contributed by atoms with Gasteiger partial charge in [-0.3, -0.25) is 4.79 Å². The van der Waals surface area contributed by atoms with Gasteiger partial charge in [-0.25, -0.2) is 0 Å². The molecule has 0 spiro atoms. The average Bonchev–Trinajstić information content (AvgIpc) is 2.64. The molecule has 2 nitrogen and oxygen atoms in total. The minimum Gasteiger partial charge on any atom is -0.356 e. The highest BCUT2D eigenvalue weighted by molar-refractivity contribution is 5.75. The van der Waals surface area contributed by atoms with Gasteiger partial charge < -0.3 is 5.32 Å². The third kappa shape index (κ3) is 16.9. The van der Waals surface area contributed by atoms with Crippen molar-refractivity contribution < 1.29 is 4.79 Å². The first-order valence-electron chi connectivity index (χ1n) is 12.2. The number of hydrogen-bond acceptors (Lipinski definition) is 1. The number of hydrogen-bond donors (Lipinski definition) is 1. The van der Waals surface area contributed by atoms with Crippen molar-refractivity contribution in [1.29, 1.82) is 0 Å². The molecule has 1 aliphatic rings. The second-order valence-electron chi connectivity index (χ2n) is 8.52. The van der Waals surface area contributed by atoms with Crippen molar-refractivity contribution in [3.8, 4) is 0 Å². The molecule has 1 amide bonds. The van der Waals surface area contributed by atoms with Gasteiger partial charge in [-0.05, 0) is 12.8 Å². The fourth-order valence-electron chi connectivity index (χ4n) is 4.09. The average molecular weight is 366 g/mol. The maximum atomic E-state index is 11.8. The number of carbonyl (C=O) groups is 1. The Bertz CT molecular complexity index is 275. The monoisotopic (exact) mass is 365 g/mol. The maximum Gasteiger partial charge on any atom is 0.219 e. The van der Waals surface area contributed by atoms with Crippen LogP contribution in [-0.4, -0.2) is 12.5 Å². The van der Waals surface area contributed by atoms with Gasteiger partial charge in [0.15, 0.2) is 0 Å². The summed E-state index contributed by atoms with van der Waals surface area (Å²) in [4.78, 5) is 11.8. The largest absolute Gasteiger partial charge is 0.356 e. The summed E-state index contributed by atoms with van der Waals surface area (Å²) in [5, 5.41) is 3.10. The van der Waals surface area contributed by atoms with E-state index < -0.39 is 0 Å². The topological polar surface area (TPSA) is 29.1 Å². The van der Waals surface area contributed by atoms with Gasteiger partial charge >= 0.3 is 0 Å². The molecule has 0 radical (unpaired) electrons. The highest BCUT2D eigenvalue weighted by Crippen LogP contribution is 2.15. The van der Waals surface area contributed by atoms with Crippen molar-refractivity contribution in [1.82, 2.24) is 5.32 Å². The highest BCUT2D eigenvalue weighted by Gasteiger charge is 2.01.